The van der Waals surface area contributed by atoms with Crippen LogP contribution in [0.1, 0.15) is 47.6 Å². The summed E-state index contributed by atoms with van der Waals surface area (Å²) in [4.78, 5) is 29.0. The van der Waals surface area contributed by atoms with Gasteiger partial charge in [0.05, 0.1) is 12.9 Å². The number of unbranched alkanes of at least 4 members (excludes halogenated alkanes) is 1. The van der Waals surface area contributed by atoms with E-state index in [2.05, 4.69) is 44.3 Å². The van der Waals surface area contributed by atoms with Gasteiger partial charge >= 0.3 is 0 Å². The third-order valence-corrected chi connectivity index (χ3v) is 7.35. The van der Waals surface area contributed by atoms with Gasteiger partial charge in [-0.25, -0.2) is 0 Å². The second kappa shape index (κ2) is 15.2. The van der Waals surface area contributed by atoms with E-state index >= 15 is 0 Å². The summed E-state index contributed by atoms with van der Waals surface area (Å²) < 4.78 is 5.41. The molecular formula is C32H40N2O3S. The maximum atomic E-state index is 13.8. The fourth-order valence-electron chi connectivity index (χ4n) is 4.52. The van der Waals surface area contributed by atoms with Gasteiger partial charge in [-0.15, -0.1) is 11.8 Å². The highest BCUT2D eigenvalue weighted by atomic mass is 32.2. The molecule has 0 spiro atoms. The second-order valence-electron chi connectivity index (χ2n) is 9.71. The largest absolute Gasteiger partial charge is 0.497 e. The van der Waals surface area contributed by atoms with Gasteiger partial charge in [0.2, 0.25) is 11.8 Å². The Labute approximate surface area is 232 Å². The smallest absolute Gasteiger partial charge is 0.243 e. The van der Waals surface area contributed by atoms with E-state index in [1.165, 1.54) is 16.7 Å². The number of hydrogen-bond acceptors (Lipinski definition) is 4. The topological polar surface area (TPSA) is 58.6 Å². The van der Waals surface area contributed by atoms with Crippen molar-refractivity contribution < 1.29 is 14.3 Å². The summed E-state index contributed by atoms with van der Waals surface area (Å²) in [6, 6.07) is 23.5. The van der Waals surface area contributed by atoms with Gasteiger partial charge in [0.15, 0.2) is 0 Å². The molecule has 38 heavy (non-hydrogen) atoms. The van der Waals surface area contributed by atoms with E-state index in [-0.39, 0.29) is 11.8 Å². The fraction of sp³-hybridized carbons (Fsp3) is 0.375. The maximum absolute atomic E-state index is 13.8. The SMILES string of the molecule is CCCCNC(=O)C(Cc1ccccc1)N(Cc1cccc(OC)c1)C(=O)CSCc1cc(C)cc(C)c1. The number of thioether (sulfide) groups is 1. The predicted octanol–water partition coefficient (Wildman–Crippen LogP) is 6.10. The molecule has 3 aromatic rings. The van der Waals surface area contributed by atoms with Crippen molar-refractivity contribution in [2.24, 2.45) is 0 Å². The zero-order valence-electron chi connectivity index (χ0n) is 23.0. The van der Waals surface area contributed by atoms with Crippen LogP contribution in [0.5, 0.6) is 5.75 Å². The molecule has 0 radical (unpaired) electrons. The van der Waals surface area contributed by atoms with Gasteiger partial charge < -0.3 is 15.0 Å². The van der Waals surface area contributed by atoms with Crippen LogP contribution in [-0.4, -0.2) is 42.2 Å². The van der Waals surface area contributed by atoms with E-state index in [0.29, 0.717) is 25.3 Å². The molecule has 5 nitrogen and oxygen atoms in total. The maximum Gasteiger partial charge on any atom is 0.243 e. The van der Waals surface area contributed by atoms with Crippen molar-refractivity contribution in [3.63, 3.8) is 0 Å². The van der Waals surface area contributed by atoms with E-state index in [1.807, 2.05) is 54.6 Å². The third kappa shape index (κ3) is 9.25. The summed E-state index contributed by atoms with van der Waals surface area (Å²) in [6.45, 7) is 7.21. The van der Waals surface area contributed by atoms with Gasteiger partial charge in [0.25, 0.3) is 0 Å². The molecule has 0 aliphatic heterocycles. The van der Waals surface area contributed by atoms with Crippen LogP contribution in [0.2, 0.25) is 0 Å². The molecule has 3 rings (SSSR count). The Morgan fingerprint density at radius 2 is 1.63 bits per heavy atom. The Bertz CT molecular complexity index is 1160. The quantitative estimate of drug-likeness (QED) is 0.255. The van der Waals surface area contributed by atoms with Crippen molar-refractivity contribution in [1.82, 2.24) is 10.2 Å². The number of carbonyl (C=O) groups excluding carboxylic acids is 2. The molecular weight excluding hydrogens is 492 g/mol. The summed E-state index contributed by atoms with van der Waals surface area (Å²) in [5.74, 6) is 1.61. The Morgan fingerprint density at radius 3 is 2.32 bits per heavy atom. The molecule has 0 bridgehead atoms. The molecule has 6 heteroatoms. The number of amides is 2. The first kappa shape index (κ1) is 29.3. The minimum absolute atomic E-state index is 0.0474. The summed E-state index contributed by atoms with van der Waals surface area (Å²) in [5, 5.41) is 3.08. The highest BCUT2D eigenvalue weighted by Gasteiger charge is 2.30. The molecule has 2 amide bonds. The van der Waals surface area contributed by atoms with E-state index in [1.54, 1.807) is 23.8 Å². The van der Waals surface area contributed by atoms with Crippen LogP contribution in [0.15, 0.2) is 72.8 Å². The van der Waals surface area contributed by atoms with Crippen LogP contribution in [0.4, 0.5) is 0 Å². The minimum atomic E-state index is -0.616. The molecule has 3 aromatic carbocycles. The van der Waals surface area contributed by atoms with Gasteiger partial charge in [-0.3, -0.25) is 9.59 Å². The van der Waals surface area contributed by atoms with E-state index in [0.717, 1.165) is 35.5 Å². The zero-order valence-corrected chi connectivity index (χ0v) is 23.9. The van der Waals surface area contributed by atoms with E-state index < -0.39 is 6.04 Å². The molecule has 0 heterocycles. The summed E-state index contributed by atoms with van der Waals surface area (Å²) in [5.41, 5.74) is 5.60. The molecule has 0 aliphatic carbocycles. The van der Waals surface area contributed by atoms with Crippen LogP contribution < -0.4 is 10.1 Å². The molecule has 1 atom stereocenters. The number of aryl methyl sites for hydroxylation is 2. The number of carbonyl (C=O) groups is 2. The summed E-state index contributed by atoms with van der Waals surface area (Å²) >= 11 is 1.59. The van der Waals surface area contributed by atoms with Gasteiger partial charge in [-0.1, -0.05) is 85.1 Å². The average molecular weight is 533 g/mol. The van der Waals surface area contributed by atoms with Crippen molar-refractivity contribution in [2.45, 2.75) is 58.4 Å². The van der Waals surface area contributed by atoms with Gasteiger partial charge in [0.1, 0.15) is 11.8 Å². The lowest BCUT2D eigenvalue weighted by Gasteiger charge is -2.31. The fourth-order valence-corrected chi connectivity index (χ4v) is 5.36. The average Bonchev–Trinajstić information content (AvgIpc) is 2.90. The van der Waals surface area contributed by atoms with Gasteiger partial charge in [-0.2, -0.15) is 0 Å². The first-order chi connectivity index (χ1) is 18.4. The number of hydrogen-bond donors (Lipinski definition) is 1. The van der Waals surface area contributed by atoms with Crippen molar-refractivity contribution >= 4 is 23.6 Å². The molecule has 0 saturated carbocycles. The zero-order chi connectivity index (χ0) is 27.3. The number of nitrogens with one attached hydrogen (secondary N) is 1. The lowest BCUT2D eigenvalue weighted by Crippen LogP contribution is -2.51. The summed E-state index contributed by atoms with van der Waals surface area (Å²) in [6.07, 6.45) is 2.35. The number of benzene rings is 3. The Hall–Kier alpha value is -3.25. The van der Waals surface area contributed by atoms with Crippen LogP contribution in [0.25, 0.3) is 0 Å². The van der Waals surface area contributed by atoms with Gasteiger partial charge in [-0.05, 0) is 49.1 Å². The first-order valence-electron chi connectivity index (χ1n) is 13.3. The van der Waals surface area contributed by atoms with Gasteiger partial charge in [0, 0.05) is 25.3 Å². The molecule has 0 fully saturated rings. The number of methoxy groups -OCH3 is 1. The predicted molar refractivity (Wildman–Crippen MR) is 157 cm³/mol. The second-order valence-corrected chi connectivity index (χ2v) is 10.7. The number of ether oxygens (including phenoxy) is 1. The molecule has 1 unspecified atom stereocenters. The Kier molecular flexibility index (Phi) is 11.7. The lowest BCUT2D eigenvalue weighted by molar-refractivity contribution is -0.139. The normalized spacial score (nSPS) is 11.6. The van der Waals surface area contributed by atoms with Crippen LogP contribution in [0.3, 0.4) is 0 Å². The Balaban J connectivity index is 1.85. The number of nitrogens with zero attached hydrogens (tertiary/aromatic N) is 1. The molecule has 0 aliphatic rings. The molecule has 202 valence electrons. The highest BCUT2D eigenvalue weighted by molar-refractivity contribution is 7.99. The van der Waals surface area contributed by atoms with Crippen molar-refractivity contribution in [2.75, 3.05) is 19.4 Å². The van der Waals surface area contributed by atoms with Crippen LogP contribution in [0, 0.1) is 13.8 Å². The third-order valence-electron chi connectivity index (χ3n) is 6.36. The minimum Gasteiger partial charge on any atom is -0.497 e. The molecule has 0 saturated heterocycles. The highest BCUT2D eigenvalue weighted by Crippen LogP contribution is 2.21. The van der Waals surface area contributed by atoms with Crippen molar-refractivity contribution in [3.8, 4) is 5.75 Å². The van der Waals surface area contributed by atoms with Crippen LogP contribution >= 0.6 is 11.8 Å². The summed E-state index contributed by atoms with van der Waals surface area (Å²) in [7, 11) is 1.63. The Morgan fingerprint density at radius 1 is 0.921 bits per heavy atom. The molecule has 1 N–H and O–H groups in total. The van der Waals surface area contributed by atoms with E-state index in [4.69, 9.17) is 4.74 Å². The first-order valence-corrected chi connectivity index (χ1v) is 14.4. The molecule has 0 aromatic heterocycles. The monoisotopic (exact) mass is 532 g/mol. The number of rotatable bonds is 14. The standard InChI is InChI=1S/C32H40N2O3S/c1-5-6-15-33-32(36)30(20-26-11-8-7-9-12-26)34(21-27-13-10-14-29(19-27)37-4)31(35)23-38-22-28-17-24(2)16-25(3)18-28/h7-14,16-19,30H,5-6,15,20-23H2,1-4H3,(H,33,36). The van der Waals surface area contributed by atoms with Crippen LogP contribution in [-0.2, 0) is 28.3 Å². The van der Waals surface area contributed by atoms with Crippen molar-refractivity contribution in [3.05, 3.63) is 101 Å². The van der Waals surface area contributed by atoms with Crippen molar-refractivity contribution in [1.29, 1.82) is 0 Å². The van der Waals surface area contributed by atoms with E-state index in [9.17, 15) is 9.59 Å². The lowest BCUT2D eigenvalue weighted by atomic mass is 10.0.